The molecule has 0 aliphatic rings. The lowest BCUT2D eigenvalue weighted by Gasteiger charge is -2.12. The molecule has 0 aromatic carbocycles. The van der Waals surface area contributed by atoms with Crippen molar-refractivity contribution in [2.45, 2.75) is 33.4 Å². The predicted octanol–water partition coefficient (Wildman–Crippen LogP) is 0.967. The molecule has 0 radical (unpaired) electrons. The molecule has 2 aromatic heterocycles. The number of nitrogens with zero attached hydrogens (tertiary/aromatic N) is 4. The second kappa shape index (κ2) is 6.42. The largest absolute Gasteiger partial charge is 0.354 e. The first-order chi connectivity index (χ1) is 10.5. The maximum Gasteiger partial charge on any atom is 0.273 e. The maximum absolute atomic E-state index is 12.3. The minimum atomic E-state index is -0.490. The minimum absolute atomic E-state index is 0.196. The van der Waals surface area contributed by atoms with Gasteiger partial charge in [0.15, 0.2) is 5.69 Å². The number of amides is 2. The molecule has 2 rings (SSSR count). The van der Waals surface area contributed by atoms with Gasteiger partial charge in [-0.25, -0.2) is 0 Å². The van der Waals surface area contributed by atoms with E-state index in [4.69, 9.17) is 0 Å². The van der Waals surface area contributed by atoms with Gasteiger partial charge in [0.2, 0.25) is 5.91 Å². The lowest BCUT2D eigenvalue weighted by Crippen LogP contribution is -2.26. The van der Waals surface area contributed by atoms with Crippen LogP contribution in [0.2, 0.25) is 0 Å². The molecule has 22 heavy (non-hydrogen) atoms. The van der Waals surface area contributed by atoms with E-state index < -0.39 is 6.04 Å². The zero-order valence-electron chi connectivity index (χ0n) is 13.1. The third-order valence-electron chi connectivity index (χ3n) is 3.29. The van der Waals surface area contributed by atoms with Crippen molar-refractivity contribution in [2.24, 2.45) is 0 Å². The van der Waals surface area contributed by atoms with E-state index in [1.54, 1.807) is 34.9 Å². The summed E-state index contributed by atoms with van der Waals surface area (Å²) in [5.41, 5.74) is 1.56. The standard InChI is InChI=1S/C14H20N6O2/c1-5-19-8-11(12(18-19)14(22)15-4)17-13(21)10(3)20-7-9(2)6-16-20/h6-8,10H,5H2,1-4H3,(H,15,22)(H,17,21). The molecule has 0 aliphatic carbocycles. The molecule has 0 bridgehead atoms. The summed E-state index contributed by atoms with van der Waals surface area (Å²) in [6.07, 6.45) is 5.12. The SMILES string of the molecule is CCn1cc(NC(=O)C(C)n2cc(C)cn2)c(C(=O)NC)n1. The fraction of sp³-hybridized carbons (Fsp3) is 0.429. The van der Waals surface area contributed by atoms with Gasteiger partial charge >= 0.3 is 0 Å². The Hall–Kier alpha value is -2.64. The number of nitrogens with one attached hydrogen (secondary N) is 2. The fourth-order valence-electron chi connectivity index (χ4n) is 1.96. The van der Waals surface area contributed by atoms with Crippen molar-refractivity contribution >= 4 is 17.5 Å². The molecular formula is C14H20N6O2. The van der Waals surface area contributed by atoms with Crippen LogP contribution < -0.4 is 10.6 Å². The van der Waals surface area contributed by atoms with E-state index in [0.717, 1.165) is 5.56 Å². The van der Waals surface area contributed by atoms with Crippen LogP contribution in [0.4, 0.5) is 5.69 Å². The highest BCUT2D eigenvalue weighted by Crippen LogP contribution is 2.16. The van der Waals surface area contributed by atoms with Crippen molar-refractivity contribution in [1.29, 1.82) is 0 Å². The van der Waals surface area contributed by atoms with Crippen molar-refractivity contribution in [3.8, 4) is 0 Å². The average molecular weight is 304 g/mol. The van der Waals surface area contributed by atoms with Gasteiger partial charge in [0.05, 0.1) is 11.9 Å². The van der Waals surface area contributed by atoms with Crippen LogP contribution >= 0.6 is 0 Å². The van der Waals surface area contributed by atoms with Gasteiger partial charge in [-0.15, -0.1) is 0 Å². The van der Waals surface area contributed by atoms with Gasteiger partial charge in [-0.3, -0.25) is 19.0 Å². The van der Waals surface area contributed by atoms with Crippen molar-refractivity contribution in [2.75, 3.05) is 12.4 Å². The molecular weight excluding hydrogens is 284 g/mol. The normalized spacial score (nSPS) is 12.0. The summed E-state index contributed by atoms with van der Waals surface area (Å²) in [5, 5.41) is 13.5. The Morgan fingerprint density at radius 3 is 2.64 bits per heavy atom. The van der Waals surface area contributed by atoms with Crippen molar-refractivity contribution in [3.63, 3.8) is 0 Å². The third kappa shape index (κ3) is 3.16. The van der Waals surface area contributed by atoms with Crippen molar-refractivity contribution < 1.29 is 9.59 Å². The summed E-state index contributed by atoms with van der Waals surface area (Å²) < 4.78 is 3.18. The molecule has 8 nitrogen and oxygen atoms in total. The van der Waals surface area contributed by atoms with Gasteiger partial charge in [-0.2, -0.15) is 10.2 Å². The topological polar surface area (TPSA) is 93.8 Å². The lowest BCUT2D eigenvalue weighted by molar-refractivity contribution is -0.119. The number of aromatic nitrogens is 4. The smallest absolute Gasteiger partial charge is 0.273 e. The van der Waals surface area contributed by atoms with Crippen LogP contribution in [0.15, 0.2) is 18.6 Å². The Morgan fingerprint density at radius 1 is 1.36 bits per heavy atom. The van der Waals surface area contributed by atoms with Crippen LogP contribution in [-0.2, 0) is 11.3 Å². The first-order valence-electron chi connectivity index (χ1n) is 7.07. The molecule has 0 saturated carbocycles. The van der Waals surface area contributed by atoms with Crippen LogP contribution in [0, 0.1) is 6.92 Å². The second-order valence-corrected chi connectivity index (χ2v) is 4.99. The highest BCUT2D eigenvalue weighted by Gasteiger charge is 2.21. The predicted molar refractivity (Wildman–Crippen MR) is 81.6 cm³/mol. The van der Waals surface area contributed by atoms with Crippen LogP contribution in [0.25, 0.3) is 0 Å². The van der Waals surface area contributed by atoms with E-state index in [2.05, 4.69) is 20.8 Å². The molecule has 2 N–H and O–H groups in total. The summed E-state index contributed by atoms with van der Waals surface area (Å²) >= 11 is 0. The molecule has 2 heterocycles. The highest BCUT2D eigenvalue weighted by atomic mass is 16.2. The van der Waals surface area contributed by atoms with Crippen molar-refractivity contribution in [3.05, 3.63) is 29.8 Å². The molecule has 0 spiro atoms. The molecule has 0 aliphatic heterocycles. The van der Waals surface area contributed by atoms with E-state index in [0.29, 0.717) is 12.2 Å². The molecule has 8 heteroatoms. The van der Waals surface area contributed by atoms with E-state index in [1.807, 2.05) is 13.8 Å². The van der Waals surface area contributed by atoms with E-state index in [-0.39, 0.29) is 17.5 Å². The molecule has 2 aromatic rings. The van der Waals surface area contributed by atoms with Gasteiger partial charge in [-0.1, -0.05) is 0 Å². The van der Waals surface area contributed by atoms with E-state index in [1.165, 1.54) is 7.05 Å². The van der Waals surface area contributed by atoms with Crippen LogP contribution in [0.1, 0.15) is 35.9 Å². The van der Waals surface area contributed by atoms with E-state index in [9.17, 15) is 9.59 Å². The minimum Gasteiger partial charge on any atom is -0.354 e. The average Bonchev–Trinajstić information content (AvgIpc) is 3.11. The molecule has 0 fully saturated rings. The quantitative estimate of drug-likeness (QED) is 0.860. The summed E-state index contributed by atoms with van der Waals surface area (Å²) in [6.45, 7) is 6.16. The number of anilines is 1. The first-order valence-corrected chi connectivity index (χ1v) is 7.07. The number of carbonyl (C=O) groups is 2. The molecule has 1 atom stereocenters. The summed E-state index contributed by atoms with van der Waals surface area (Å²) in [6, 6.07) is -0.490. The first kappa shape index (κ1) is 15.7. The Morgan fingerprint density at radius 2 is 2.09 bits per heavy atom. The van der Waals surface area contributed by atoms with Gasteiger partial charge in [0.25, 0.3) is 5.91 Å². The lowest BCUT2D eigenvalue weighted by atomic mass is 10.3. The number of aryl methyl sites for hydroxylation is 2. The molecule has 0 saturated heterocycles. The van der Waals surface area contributed by atoms with Gasteiger partial charge in [-0.05, 0) is 26.3 Å². The van der Waals surface area contributed by atoms with Crippen LogP contribution in [0.5, 0.6) is 0 Å². The third-order valence-corrected chi connectivity index (χ3v) is 3.29. The van der Waals surface area contributed by atoms with Gasteiger partial charge in [0, 0.05) is 26.0 Å². The van der Waals surface area contributed by atoms with Crippen molar-refractivity contribution in [1.82, 2.24) is 24.9 Å². The second-order valence-electron chi connectivity index (χ2n) is 4.99. The molecule has 2 amide bonds. The highest BCUT2D eigenvalue weighted by molar-refractivity contribution is 6.02. The van der Waals surface area contributed by atoms with E-state index >= 15 is 0 Å². The summed E-state index contributed by atoms with van der Waals surface area (Å²) in [4.78, 5) is 24.2. The summed E-state index contributed by atoms with van der Waals surface area (Å²) in [7, 11) is 1.52. The van der Waals surface area contributed by atoms with Crippen LogP contribution in [0.3, 0.4) is 0 Å². The molecule has 1 unspecified atom stereocenters. The zero-order valence-corrected chi connectivity index (χ0v) is 13.1. The Balaban J connectivity index is 2.20. The number of rotatable bonds is 5. The Bertz CT molecular complexity index is 687. The summed E-state index contributed by atoms with van der Waals surface area (Å²) in [5.74, 6) is -0.603. The fourth-order valence-corrected chi connectivity index (χ4v) is 1.96. The Kier molecular flexibility index (Phi) is 4.59. The van der Waals surface area contributed by atoms with Gasteiger partial charge < -0.3 is 10.6 Å². The Labute approximate surface area is 128 Å². The number of hydrogen-bond acceptors (Lipinski definition) is 4. The maximum atomic E-state index is 12.3. The monoisotopic (exact) mass is 304 g/mol. The zero-order chi connectivity index (χ0) is 16.3. The molecule has 118 valence electrons. The van der Waals surface area contributed by atoms with Gasteiger partial charge in [0.1, 0.15) is 6.04 Å². The van der Waals surface area contributed by atoms with Crippen LogP contribution in [-0.4, -0.2) is 38.4 Å². The number of carbonyl (C=O) groups excluding carboxylic acids is 2. The number of hydrogen-bond donors (Lipinski definition) is 2.